The minimum atomic E-state index is -4.90. The molecule has 0 amide bonds. The van der Waals surface area contributed by atoms with Gasteiger partial charge in [-0.05, 0) is 53.4 Å². The molecule has 15 nitrogen and oxygen atoms in total. The number of halogens is 1. The predicted molar refractivity (Wildman–Crippen MR) is 133 cm³/mol. The maximum Gasteiger partial charge on any atom is 0.296 e. The average molecular weight is 567 g/mol. The van der Waals surface area contributed by atoms with Gasteiger partial charge in [0.1, 0.15) is 16.3 Å². The van der Waals surface area contributed by atoms with E-state index >= 15 is 0 Å². The summed E-state index contributed by atoms with van der Waals surface area (Å²) in [4.78, 5) is 9.87. The van der Waals surface area contributed by atoms with Crippen LogP contribution in [-0.4, -0.2) is 46.0 Å². The smallest absolute Gasteiger partial charge is 0.296 e. The van der Waals surface area contributed by atoms with E-state index in [-0.39, 0.29) is 39.3 Å². The second kappa shape index (κ2) is 9.37. The number of anilines is 4. The number of azo groups is 1. The van der Waals surface area contributed by atoms with Crippen LogP contribution in [0, 0.1) is 0 Å². The molecule has 0 bridgehead atoms. The molecule has 0 radical (unpaired) electrons. The van der Waals surface area contributed by atoms with Crippen molar-refractivity contribution >= 4 is 77.3 Å². The molecule has 0 spiro atoms. The number of phenolic OH excluding ortho intramolecular Hbond substituents is 1. The molecule has 1 heterocycles. The summed E-state index contributed by atoms with van der Waals surface area (Å²) in [5.74, 6) is -0.688. The fraction of sp³-hybridized carbons (Fsp3) is 0. The SMILES string of the molecule is Nc1nc(Cl)nc(Nc2ccc(N=Nc3c(N)c(S(=O)(=O)O)cc4cc(S(=O)(=O)O)cc(O)c34)cc2)n1. The Hall–Kier alpha value is -4.16. The van der Waals surface area contributed by atoms with E-state index in [1.54, 1.807) is 12.1 Å². The maximum absolute atomic E-state index is 11.9. The van der Waals surface area contributed by atoms with Gasteiger partial charge in [0.05, 0.1) is 21.7 Å². The lowest BCUT2D eigenvalue weighted by molar-refractivity contribution is 0.471. The standard InChI is InChI=1S/C19H15ClN8O7S2/c20-17-24-18(22)26-19(25-17)23-9-1-3-10(4-2-9)27-28-16-14-8(6-13(15(16)21)37(33,34)35)5-11(7-12(14)29)36(30,31)32/h1-7,29H,21H2,(H,30,31,32)(H,33,34,35)(H3,22,23,24,25,26). The van der Waals surface area contributed by atoms with Gasteiger partial charge < -0.3 is 21.9 Å². The third kappa shape index (κ3) is 5.65. The molecule has 18 heteroatoms. The molecule has 0 aliphatic carbocycles. The second-order valence-corrected chi connectivity index (χ2v) is 10.4. The van der Waals surface area contributed by atoms with Gasteiger partial charge in [-0.15, -0.1) is 5.11 Å². The Morgan fingerprint density at radius 2 is 1.57 bits per heavy atom. The summed E-state index contributed by atoms with van der Waals surface area (Å²) in [7, 11) is -9.66. The molecule has 0 aliphatic heterocycles. The van der Waals surface area contributed by atoms with Crippen LogP contribution in [-0.2, 0) is 20.2 Å². The van der Waals surface area contributed by atoms with Crippen molar-refractivity contribution in [3.63, 3.8) is 0 Å². The van der Waals surface area contributed by atoms with Crippen LogP contribution in [0.25, 0.3) is 10.8 Å². The number of hydrogen-bond donors (Lipinski definition) is 6. The van der Waals surface area contributed by atoms with Crippen molar-refractivity contribution in [3.05, 3.63) is 47.7 Å². The summed E-state index contributed by atoms with van der Waals surface area (Å²) >= 11 is 5.74. The van der Waals surface area contributed by atoms with E-state index in [0.29, 0.717) is 5.69 Å². The van der Waals surface area contributed by atoms with Gasteiger partial charge in [-0.1, -0.05) is 0 Å². The number of hydrogen-bond acceptors (Lipinski definition) is 13. The third-order valence-electron chi connectivity index (χ3n) is 4.76. The molecule has 4 rings (SSSR count). The molecule has 37 heavy (non-hydrogen) atoms. The Balaban J connectivity index is 1.76. The number of aromatic hydroxyl groups is 1. The van der Waals surface area contributed by atoms with Crippen LogP contribution in [0.5, 0.6) is 5.75 Å². The van der Waals surface area contributed by atoms with Crippen molar-refractivity contribution in [2.45, 2.75) is 9.79 Å². The molecule has 0 saturated heterocycles. The zero-order valence-electron chi connectivity index (χ0n) is 18.1. The van der Waals surface area contributed by atoms with Crippen LogP contribution in [0.1, 0.15) is 0 Å². The number of rotatable bonds is 6. The lowest BCUT2D eigenvalue weighted by Gasteiger charge is -2.12. The molecule has 0 aliphatic rings. The molecule has 0 unspecified atom stereocenters. The molecular weight excluding hydrogens is 552 g/mol. The third-order valence-corrected chi connectivity index (χ3v) is 6.65. The largest absolute Gasteiger partial charge is 0.507 e. The summed E-state index contributed by atoms with van der Waals surface area (Å²) in [5, 5.41) is 20.7. The minimum absolute atomic E-state index is 0.0863. The number of fused-ring (bicyclic) bond motifs is 1. The highest BCUT2D eigenvalue weighted by molar-refractivity contribution is 7.86. The average Bonchev–Trinajstić information content (AvgIpc) is 2.77. The topological polar surface area (TPSA) is 256 Å². The summed E-state index contributed by atoms with van der Waals surface area (Å²) < 4.78 is 65.7. The monoisotopic (exact) mass is 566 g/mol. The first kappa shape index (κ1) is 25.9. The number of nitrogens with one attached hydrogen (secondary N) is 1. The summed E-state index contributed by atoms with van der Waals surface area (Å²) in [6.45, 7) is 0. The van der Waals surface area contributed by atoms with E-state index in [2.05, 4.69) is 30.5 Å². The van der Waals surface area contributed by atoms with E-state index in [0.717, 1.165) is 18.2 Å². The molecule has 8 N–H and O–H groups in total. The Morgan fingerprint density at radius 1 is 0.892 bits per heavy atom. The number of nitrogens with zero attached hydrogens (tertiary/aromatic N) is 5. The second-order valence-electron chi connectivity index (χ2n) is 7.29. The Kier molecular flexibility index (Phi) is 6.57. The van der Waals surface area contributed by atoms with Gasteiger partial charge in [0.15, 0.2) is 0 Å². The molecule has 1 aromatic heterocycles. The highest BCUT2D eigenvalue weighted by Crippen LogP contribution is 2.43. The number of benzene rings is 3. The Bertz CT molecular complexity index is 1780. The maximum atomic E-state index is 11.9. The molecule has 0 atom stereocenters. The fourth-order valence-electron chi connectivity index (χ4n) is 3.20. The lowest BCUT2D eigenvalue weighted by Crippen LogP contribution is -2.04. The van der Waals surface area contributed by atoms with E-state index in [1.807, 2.05) is 0 Å². The van der Waals surface area contributed by atoms with E-state index in [1.165, 1.54) is 12.1 Å². The quantitative estimate of drug-likeness (QED) is 0.111. The van der Waals surface area contributed by atoms with Gasteiger partial charge in [0.25, 0.3) is 20.2 Å². The van der Waals surface area contributed by atoms with Crippen molar-refractivity contribution in [2.24, 2.45) is 10.2 Å². The van der Waals surface area contributed by atoms with Gasteiger partial charge in [-0.25, -0.2) is 0 Å². The zero-order chi connectivity index (χ0) is 27.1. The van der Waals surface area contributed by atoms with Crippen molar-refractivity contribution in [3.8, 4) is 5.75 Å². The highest BCUT2D eigenvalue weighted by Gasteiger charge is 2.24. The highest BCUT2D eigenvalue weighted by atomic mass is 35.5. The first-order chi connectivity index (χ1) is 17.2. The molecule has 3 aromatic carbocycles. The number of nitrogen functional groups attached to an aromatic ring is 2. The van der Waals surface area contributed by atoms with E-state index in [9.17, 15) is 31.0 Å². The van der Waals surface area contributed by atoms with Gasteiger partial charge in [0.2, 0.25) is 17.2 Å². The summed E-state index contributed by atoms with van der Waals surface area (Å²) in [5.41, 5.74) is 11.3. The Morgan fingerprint density at radius 3 is 2.16 bits per heavy atom. The summed E-state index contributed by atoms with van der Waals surface area (Å²) in [6, 6.07) is 8.55. The molecule has 192 valence electrons. The van der Waals surface area contributed by atoms with E-state index < -0.39 is 41.5 Å². The van der Waals surface area contributed by atoms with E-state index in [4.69, 9.17) is 23.1 Å². The number of nitrogens with two attached hydrogens (primary N) is 2. The van der Waals surface area contributed by atoms with Crippen LogP contribution in [0.15, 0.2) is 62.5 Å². The first-order valence-electron chi connectivity index (χ1n) is 9.72. The van der Waals surface area contributed by atoms with Crippen LogP contribution in [0.4, 0.5) is 34.6 Å². The fourth-order valence-corrected chi connectivity index (χ4v) is 4.55. The molecule has 4 aromatic rings. The Labute approximate surface area is 213 Å². The van der Waals surface area contributed by atoms with Gasteiger partial charge in [-0.3, -0.25) is 9.11 Å². The number of phenols is 1. The van der Waals surface area contributed by atoms with Gasteiger partial charge in [0, 0.05) is 11.8 Å². The van der Waals surface area contributed by atoms with Gasteiger partial charge >= 0.3 is 0 Å². The van der Waals surface area contributed by atoms with Crippen LogP contribution >= 0.6 is 11.6 Å². The van der Waals surface area contributed by atoms with Crippen molar-refractivity contribution < 1.29 is 31.0 Å². The summed E-state index contributed by atoms with van der Waals surface area (Å²) in [6.07, 6.45) is 0. The van der Waals surface area contributed by atoms with Gasteiger partial charge in [-0.2, -0.15) is 36.9 Å². The first-order valence-corrected chi connectivity index (χ1v) is 13.0. The minimum Gasteiger partial charge on any atom is -0.507 e. The molecular formula is C19H15ClN8O7S2. The zero-order valence-corrected chi connectivity index (χ0v) is 20.5. The van der Waals surface area contributed by atoms with Crippen molar-refractivity contribution in [1.29, 1.82) is 0 Å². The lowest BCUT2D eigenvalue weighted by atomic mass is 10.1. The molecule has 0 saturated carbocycles. The number of aromatic nitrogens is 3. The van der Waals surface area contributed by atoms with Crippen LogP contribution in [0.2, 0.25) is 5.28 Å². The normalized spacial score (nSPS) is 12.3. The molecule has 0 fully saturated rings. The van der Waals surface area contributed by atoms with Crippen LogP contribution in [0.3, 0.4) is 0 Å². The van der Waals surface area contributed by atoms with Crippen molar-refractivity contribution in [1.82, 2.24) is 15.0 Å². The van der Waals surface area contributed by atoms with Crippen LogP contribution < -0.4 is 16.8 Å². The van der Waals surface area contributed by atoms with Crippen molar-refractivity contribution in [2.75, 3.05) is 16.8 Å². The predicted octanol–water partition coefficient (Wildman–Crippen LogP) is 3.20.